The smallest absolute Gasteiger partial charge is 0.0711 e. The first kappa shape index (κ1) is 37.3. The molecule has 9 rings (SSSR count). The van der Waals surface area contributed by atoms with Gasteiger partial charge >= 0.3 is 0 Å². The molecule has 0 fully saturated rings. The molecular weight excluding hydrogens is 699 g/mol. The summed E-state index contributed by atoms with van der Waals surface area (Å²) in [6.07, 6.45) is 26.0. The van der Waals surface area contributed by atoms with Gasteiger partial charge in [0.2, 0.25) is 0 Å². The normalized spacial score (nSPS) is 19.3. The molecule has 1 heteroatoms. The van der Waals surface area contributed by atoms with Crippen molar-refractivity contribution in [3.8, 4) is 11.1 Å². The second kappa shape index (κ2) is 16.7. The quantitative estimate of drug-likeness (QED) is 0.111. The SMILES string of the molecule is C=C(/C=C(\N=C(C)c1cc(C2=CCCC=C2)cc(-c2ccc3c(c2)CC(C)/C(C2=C4Cc5ccccc5C4=CCC2)=C\C=C/C3)c1)c1ccccc1)c1ccccc1. The number of hydrogen-bond acceptors (Lipinski definition) is 1. The van der Waals surface area contributed by atoms with Gasteiger partial charge in [0.15, 0.2) is 0 Å². The van der Waals surface area contributed by atoms with E-state index in [4.69, 9.17) is 4.99 Å². The minimum absolute atomic E-state index is 0.393. The molecule has 4 aliphatic carbocycles. The van der Waals surface area contributed by atoms with Crippen LogP contribution in [-0.4, -0.2) is 5.71 Å². The highest BCUT2D eigenvalue weighted by Crippen LogP contribution is 2.46. The summed E-state index contributed by atoms with van der Waals surface area (Å²) >= 11 is 0. The fourth-order valence-corrected chi connectivity index (χ4v) is 9.21. The van der Waals surface area contributed by atoms with Crippen molar-refractivity contribution in [3.63, 3.8) is 0 Å². The van der Waals surface area contributed by atoms with Crippen LogP contribution in [0.15, 0.2) is 198 Å². The number of benzene rings is 5. The van der Waals surface area contributed by atoms with Gasteiger partial charge in [0.1, 0.15) is 0 Å². The molecule has 58 heavy (non-hydrogen) atoms. The van der Waals surface area contributed by atoms with Crippen molar-refractivity contribution in [2.75, 3.05) is 0 Å². The van der Waals surface area contributed by atoms with Crippen LogP contribution in [-0.2, 0) is 19.3 Å². The van der Waals surface area contributed by atoms with Crippen LogP contribution < -0.4 is 0 Å². The summed E-state index contributed by atoms with van der Waals surface area (Å²) < 4.78 is 0. The monoisotopic (exact) mass is 749 g/mol. The standard InChI is InChI=1S/C57H51N/c1-39(42-18-7-4-8-19-42)33-57(45-23-11-6-12-24-45)58-41(3)48-35-50(43-20-9-5-10-21-43)37-51(36-48)46-31-30-44-22-13-15-26-52(40(2)32-49(44)34-46)54-28-17-29-55-53-27-16-14-25-47(53)38-56(54)55/h4,6-9,11-16,18-21,23-27,29-31,33-37,40H,1,5,10,17,22,28,32,38H2,2-3H3/b15-13-,52-26+,57-33-,58-41?. The summed E-state index contributed by atoms with van der Waals surface area (Å²) in [5.41, 5.74) is 22.9. The molecule has 0 saturated carbocycles. The van der Waals surface area contributed by atoms with Crippen LogP contribution in [0.4, 0.5) is 0 Å². The van der Waals surface area contributed by atoms with Gasteiger partial charge in [0.05, 0.1) is 5.70 Å². The van der Waals surface area contributed by atoms with E-state index in [0.717, 1.165) is 78.6 Å². The third-order valence-electron chi connectivity index (χ3n) is 12.3. The Morgan fingerprint density at radius 1 is 0.672 bits per heavy atom. The van der Waals surface area contributed by atoms with Crippen LogP contribution in [0.5, 0.6) is 0 Å². The van der Waals surface area contributed by atoms with E-state index in [1.54, 1.807) is 11.1 Å². The van der Waals surface area contributed by atoms with Crippen molar-refractivity contribution >= 4 is 28.1 Å². The molecule has 5 aromatic rings. The fourth-order valence-electron chi connectivity index (χ4n) is 9.21. The van der Waals surface area contributed by atoms with Gasteiger partial charge in [-0.1, -0.05) is 159 Å². The third kappa shape index (κ3) is 7.83. The zero-order valence-corrected chi connectivity index (χ0v) is 33.8. The predicted octanol–water partition coefficient (Wildman–Crippen LogP) is 14.6. The minimum Gasteiger partial charge on any atom is -0.252 e. The molecule has 0 heterocycles. The van der Waals surface area contributed by atoms with E-state index in [1.807, 2.05) is 6.07 Å². The molecule has 0 bridgehead atoms. The Kier molecular flexibility index (Phi) is 10.7. The number of hydrogen-bond donors (Lipinski definition) is 0. The van der Waals surface area contributed by atoms with Crippen molar-refractivity contribution in [2.24, 2.45) is 10.9 Å². The lowest BCUT2D eigenvalue weighted by molar-refractivity contribution is 0.670. The number of fused-ring (bicyclic) bond motifs is 4. The van der Waals surface area contributed by atoms with Crippen LogP contribution in [0.2, 0.25) is 0 Å². The fraction of sp³-hybridized carbons (Fsp3) is 0.175. The lowest BCUT2D eigenvalue weighted by Gasteiger charge is -2.25. The van der Waals surface area contributed by atoms with Gasteiger partial charge < -0.3 is 0 Å². The lowest BCUT2D eigenvalue weighted by atomic mass is 9.80. The first-order valence-electron chi connectivity index (χ1n) is 21.1. The topological polar surface area (TPSA) is 12.4 Å². The van der Waals surface area contributed by atoms with Crippen LogP contribution in [0.25, 0.3) is 33.5 Å². The van der Waals surface area contributed by atoms with E-state index < -0.39 is 0 Å². The zero-order valence-electron chi connectivity index (χ0n) is 33.8. The highest BCUT2D eigenvalue weighted by molar-refractivity contribution is 6.04. The molecule has 1 unspecified atom stereocenters. The lowest BCUT2D eigenvalue weighted by Crippen LogP contribution is -2.11. The van der Waals surface area contributed by atoms with Gasteiger partial charge in [0.25, 0.3) is 0 Å². The van der Waals surface area contributed by atoms with Crippen molar-refractivity contribution in [2.45, 2.75) is 58.8 Å². The van der Waals surface area contributed by atoms with Crippen LogP contribution in [0, 0.1) is 5.92 Å². The van der Waals surface area contributed by atoms with Crippen molar-refractivity contribution < 1.29 is 0 Å². The molecular formula is C57H51N. The largest absolute Gasteiger partial charge is 0.252 e. The summed E-state index contributed by atoms with van der Waals surface area (Å²) in [6, 6.07) is 44.1. The molecule has 0 spiro atoms. The van der Waals surface area contributed by atoms with Gasteiger partial charge in [-0.3, -0.25) is 4.99 Å². The molecule has 1 atom stereocenters. The molecule has 5 aromatic carbocycles. The third-order valence-corrected chi connectivity index (χ3v) is 12.3. The van der Waals surface area contributed by atoms with E-state index in [-0.39, 0.29) is 0 Å². The second-order valence-corrected chi connectivity index (χ2v) is 16.2. The van der Waals surface area contributed by atoms with E-state index in [0.29, 0.717) is 5.92 Å². The second-order valence-electron chi connectivity index (χ2n) is 16.2. The molecule has 0 radical (unpaired) electrons. The maximum absolute atomic E-state index is 5.36. The van der Waals surface area contributed by atoms with E-state index in [2.05, 4.69) is 184 Å². The first-order chi connectivity index (χ1) is 28.5. The number of rotatable bonds is 8. The van der Waals surface area contributed by atoms with Crippen molar-refractivity contribution in [1.29, 1.82) is 0 Å². The Morgan fingerprint density at radius 3 is 2.26 bits per heavy atom. The molecule has 284 valence electrons. The molecule has 0 amide bonds. The number of aliphatic imine (C=N–C) groups is 1. The maximum atomic E-state index is 5.36. The van der Waals surface area contributed by atoms with E-state index in [9.17, 15) is 0 Å². The van der Waals surface area contributed by atoms with Gasteiger partial charge in [-0.2, -0.15) is 0 Å². The van der Waals surface area contributed by atoms with Crippen molar-refractivity contribution in [1.82, 2.24) is 0 Å². The van der Waals surface area contributed by atoms with Gasteiger partial charge in [-0.25, -0.2) is 0 Å². The summed E-state index contributed by atoms with van der Waals surface area (Å²) in [7, 11) is 0. The Hall–Kier alpha value is -6.31. The van der Waals surface area contributed by atoms with Crippen LogP contribution in [0.1, 0.15) is 84.0 Å². The molecule has 4 aliphatic rings. The highest BCUT2D eigenvalue weighted by atomic mass is 14.8. The van der Waals surface area contributed by atoms with E-state index >= 15 is 0 Å². The summed E-state index contributed by atoms with van der Waals surface area (Å²) in [4.78, 5) is 5.36. The Bertz CT molecular complexity index is 2650. The van der Waals surface area contributed by atoms with Gasteiger partial charge in [-0.15, -0.1) is 0 Å². The average molecular weight is 750 g/mol. The number of nitrogens with zero attached hydrogens (tertiary/aromatic N) is 1. The Labute approximate surface area is 345 Å². The molecule has 0 aliphatic heterocycles. The van der Waals surface area contributed by atoms with Gasteiger partial charge in [-0.05, 0) is 166 Å². The van der Waals surface area contributed by atoms with E-state index in [1.165, 1.54) is 55.7 Å². The molecule has 1 nitrogen and oxygen atoms in total. The predicted molar refractivity (Wildman–Crippen MR) is 249 cm³/mol. The maximum Gasteiger partial charge on any atom is 0.0711 e. The van der Waals surface area contributed by atoms with Gasteiger partial charge in [0, 0.05) is 11.3 Å². The average Bonchev–Trinajstić information content (AvgIpc) is 3.69. The first-order valence-corrected chi connectivity index (χ1v) is 21.1. The molecule has 0 saturated heterocycles. The summed E-state index contributed by atoms with van der Waals surface area (Å²) in [6.45, 7) is 9.03. The summed E-state index contributed by atoms with van der Waals surface area (Å²) in [5, 5.41) is 0. The molecule has 0 aromatic heterocycles. The Balaban J connectivity index is 1.09. The zero-order chi connectivity index (χ0) is 39.4. The van der Waals surface area contributed by atoms with Crippen LogP contribution >= 0.6 is 0 Å². The van der Waals surface area contributed by atoms with Crippen molar-refractivity contribution in [3.05, 3.63) is 238 Å². The Morgan fingerprint density at radius 2 is 1.45 bits per heavy atom. The molecule has 0 N–H and O–H groups in total. The highest BCUT2D eigenvalue weighted by Gasteiger charge is 2.29. The van der Waals surface area contributed by atoms with Crippen LogP contribution in [0.3, 0.4) is 0 Å². The number of allylic oxidation sites excluding steroid dienone is 14. The summed E-state index contributed by atoms with van der Waals surface area (Å²) in [5.74, 6) is 0.393. The minimum atomic E-state index is 0.393.